The van der Waals surface area contributed by atoms with Crippen LogP contribution >= 0.6 is 0 Å². The van der Waals surface area contributed by atoms with Gasteiger partial charge >= 0.3 is 5.92 Å². The zero-order chi connectivity index (χ0) is 24.1. The van der Waals surface area contributed by atoms with Crippen LogP contribution < -0.4 is 5.84 Å². The van der Waals surface area contributed by atoms with E-state index in [0.717, 1.165) is 36.3 Å². The largest absolute Gasteiger partial charge is 0.377 e. The fraction of sp³-hybridized carbons (Fsp3) is 0.182. The Labute approximate surface area is 186 Å². The molecule has 0 aliphatic carbocycles. The van der Waals surface area contributed by atoms with Crippen LogP contribution in [-0.2, 0) is 18.6 Å². The van der Waals surface area contributed by atoms with Crippen molar-refractivity contribution in [1.82, 2.24) is 9.55 Å². The van der Waals surface area contributed by atoms with Gasteiger partial charge in [0.2, 0.25) is 0 Å². The average molecular weight is 458 g/mol. The van der Waals surface area contributed by atoms with E-state index in [1.807, 2.05) is 7.05 Å². The summed E-state index contributed by atoms with van der Waals surface area (Å²) in [6.45, 7) is -1.04. The Balaban J connectivity index is 1.99. The number of nitrogens with two attached hydrogens (primary N) is 1. The molecule has 0 bridgehead atoms. The molecule has 0 aliphatic heterocycles. The summed E-state index contributed by atoms with van der Waals surface area (Å²) in [5.74, 6) is 3.96. The van der Waals surface area contributed by atoms with Gasteiger partial charge in [0.25, 0.3) is 0 Å². The standard InChI is InChI=1S/C22H18F4N6O/c1-32-9-8-16(12-32)3-2-15-4-7-20(29-11-15)22(25,26)21(33,13-28-14-30-31-27)18-6-5-17(23)10-19(18)24/h4-12,14,33H,13H2,1H3,(H2,27,28,30). The molecule has 7 nitrogen and oxygen atoms in total. The summed E-state index contributed by atoms with van der Waals surface area (Å²) in [6, 6.07) is 5.89. The number of hydrogen-bond acceptors (Lipinski definition) is 4. The van der Waals surface area contributed by atoms with Crippen LogP contribution in [-0.4, -0.2) is 27.5 Å². The van der Waals surface area contributed by atoms with Crippen LogP contribution in [0.15, 0.2) is 70.3 Å². The van der Waals surface area contributed by atoms with E-state index in [0.29, 0.717) is 11.6 Å². The van der Waals surface area contributed by atoms with Gasteiger partial charge in [0.05, 0.1) is 6.54 Å². The fourth-order valence-corrected chi connectivity index (χ4v) is 3.00. The first-order valence-electron chi connectivity index (χ1n) is 9.42. The lowest BCUT2D eigenvalue weighted by Crippen LogP contribution is -2.47. The van der Waals surface area contributed by atoms with Gasteiger partial charge in [0.1, 0.15) is 23.7 Å². The van der Waals surface area contributed by atoms with Crippen LogP contribution in [0.25, 0.3) is 0 Å². The van der Waals surface area contributed by atoms with Crippen molar-refractivity contribution in [3.63, 3.8) is 0 Å². The van der Waals surface area contributed by atoms with Crippen LogP contribution in [0.3, 0.4) is 0 Å². The lowest BCUT2D eigenvalue weighted by Gasteiger charge is -2.34. The first-order valence-corrected chi connectivity index (χ1v) is 9.42. The van der Waals surface area contributed by atoms with Gasteiger partial charge in [-0.2, -0.15) is 8.78 Å². The molecule has 33 heavy (non-hydrogen) atoms. The first kappa shape index (κ1) is 23.6. The summed E-state index contributed by atoms with van der Waals surface area (Å²) in [5, 5.41) is 17.0. The Morgan fingerprint density at radius 3 is 2.52 bits per heavy atom. The van der Waals surface area contributed by atoms with Gasteiger partial charge in [0.15, 0.2) is 5.60 Å². The Kier molecular flexibility index (Phi) is 6.89. The number of halogens is 4. The zero-order valence-electron chi connectivity index (χ0n) is 17.3. The quantitative estimate of drug-likeness (QED) is 0.113. The third-order valence-corrected chi connectivity index (χ3v) is 4.68. The summed E-state index contributed by atoms with van der Waals surface area (Å²) >= 11 is 0. The lowest BCUT2D eigenvalue weighted by molar-refractivity contribution is -0.193. The molecule has 0 aliphatic rings. The molecule has 3 N–H and O–H groups in total. The number of aliphatic hydroxyl groups is 1. The predicted molar refractivity (Wildman–Crippen MR) is 112 cm³/mol. The van der Waals surface area contributed by atoms with E-state index in [1.54, 1.807) is 23.0 Å². The molecule has 0 saturated carbocycles. The number of rotatable bonds is 6. The number of benzene rings is 1. The number of alkyl halides is 2. The molecule has 1 aromatic carbocycles. The second-order valence-corrected chi connectivity index (χ2v) is 6.99. The number of aryl methyl sites for hydroxylation is 1. The van der Waals surface area contributed by atoms with Gasteiger partial charge in [0, 0.05) is 48.4 Å². The molecular formula is C22H18F4N6O. The molecule has 170 valence electrons. The molecular weight excluding hydrogens is 440 g/mol. The molecule has 1 atom stereocenters. The van der Waals surface area contributed by atoms with E-state index in [4.69, 9.17) is 5.84 Å². The third-order valence-electron chi connectivity index (χ3n) is 4.68. The molecule has 3 rings (SSSR count). The number of aliphatic imine (C=N–C) groups is 1. The summed E-state index contributed by atoms with van der Waals surface area (Å²) in [5.41, 5.74) is -3.90. The van der Waals surface area contributed by atoms with E-state index in [1.165, 1.54) is 6.07 Å². The maximum absolute atomic E-state index is 15.5. The zero-order valence-corrected chi connectivity index (χ0v) is 17.3. The summed E-state index contributed by atoms with van der Waals surface area (Å²) in [7, 11) is 1.83. The highest BCUT2D eigenvalue weighted by Crippen LogP contribution is 2.45. The van der Waals surface area contributed by atoms with Gasteiger partial charge in [-0.25, -0.2) is 8.78 Å². The highest BCUT2D eigenvalue weighted by molar-refractivity contribution is 5.54. The summed E-state index contributed by atoms with van der Waals surface area (Å²) in [6.07, 6.45) is 5.41. The highest BCUT2D eigenvalue weighted by atomic mass is 19.3. The van der Waals surface area contributed by atoms with E-state index >= 15 is 8.78 Å². The molecule has 3 aromatic rings. The minimum absolute atomic E-state index is 0.344. The average Bonchev–Trinajstić information content (AvgIpc) is 3.20. The van der Waals surface area contributed by atoms with Crippen molar-refractivity contribution >= 4 is 6.34 Å². The van der Waals surface area contributed by atoms with Crippen molar-refractivity contribution in [1.29, 1.82) is 0 Å². The van der Waals surface area contributed by atoms with E-state index in [2.05, 4.69) is 32.2 Å². The Morgan fingerprint density at radius 1 is 1.15 bits per heavy atom. The molecule has 0 radical (unpaired) electrons. The summed E-state index contributed by atoms with van der Waals surface area (Å²) in [4.78, 5) is 7.26. The second-order valence-electron chi connectivity index (χ2n) is 6.99. The minimum atomic E-state index is -4.14. The van der Waals surface area contributed by atoms with E-state index < -0.39 is 41.0 Å². The van der Waals surface area contributed by atoms with Crippen LogP contribution in [0.1, 0.15) is 22.4 Å². The molecule has 0 spiro atoms. The van der Waals surface area contributed by atoms with Crippen LogP contribution in [0.2, 0.25) is 0 Å². The predicted octanol–water partition coefficient (Wildman–Crippen LogP) is 3.43. The van der Waals surface area contributed by atoms with Crippen molar-refractivity contribution in [3.05, 3.63) is 89.0 Å². The number of aromatic nitrogens is 2. The molecule has 2 heterocycles. The summed E-state index contributed by atoms with van der Waals surface area (Å²) < 4.78 is 60.6. The maximum Gasteiger partial charge on any atom is 0.323 e. The molecule has 0 amide bonds. The van der Waals surface area contributed by atoms with Gasteiger partial charge in [-0.15, -0.1) is 5.11 Å². The third kappa shape index (κ3) is 5.07. The van der Waals surface area contributed by atoms with Crippen LogP contribution in [0.4, 0.5) is 17.6 Å². The van der Waals surface area contributed by atoms with E-state index in [9.17, 15) is 13.9 Å². The monoisotopic (exact) mass is 458 g/mol. The topological polar surface area (TPSA) is 101 Å². The highest BCUT2D eigenvalue weighted by Gasteiger charge is 2.57. The van der Waals surface area contributed by atoms with Crippen LogP contribution in [0, 0.1) is 23.5 Å². The van der Waals surface area contributed by atoms with Crippen molar-refractivity contribution < 1.29 is 22.7 Å². The molecule has 1 unspecified atom stereocenters. The smallest absolute Gasteiger partial charge is 0.323 e. The fourth-order valence-electron chi connectivity index (χ4n) is 3.00. The van der Waals surface area contributed by atoms with Gasteiger partial charge in [-0.1, -0.05) is 17.1 Å². The first-order chi connectivity index (χ1) is 15.7. The van der Waals surface area contributed by atoms with Gasteiger partial charge in [-0.3, -0.25) is 9.98 Å². The Hall–Kier alpha value is -4.04. The van der Waals surface area contributed by atoms with Crippen molar-refractivity contribution in [2.45, 2.75) is 11.5 Å². The maximum atomic E-state index is 15.5. The van der Waals surface area contributed by atoms with Gasteiger partial charge < -0.3 is 15.5 Å². The van der Waals surface area contributed by atoms with E-state index in [-0.39, 0.29) is 0 Å². The van der Waals surface area contributed by atoms with Gasteiger partial charge in [-0.05, 0) is 30.3 Å². The SMILES string of the molecule is Cn1ccc(C#Cc2ccc(C(F)(F)C(O)(CN=CN=NN)c3ccc(F)cc3F)nc2)c1. The molecule has 0 fully saturated rings. The number of pyridine rings is 1. The molecule has 11 heteroatoms. The normalized spacial score (nSPS) is 13.8. The van der Waals surface area contributed by atoms with Crippen molar-refractivity contribution in [2.24, 2.45) is 28.2 Å². The number of hydrogen-bond donors (Lipinski definition) is 2. The lowest BCUT2D eigenvalue weighted by atomic mass is 9.84. The van der Waals surface area contributed by atoms with Crippen molar-refractivity contribution in [3.8, 4) is 11.8 Å². The van der Waals surface area contributed by atoms with Crippen molar-refractivity contribution in [2.75, 3.05) is 6.54 Å². The number of nitrogens with zero attached hydrogens (tertiary/aromatic N) is 5. The Morgan fingerprint density at radius 2 is 1.91 bits per heavy atom. The van der Waals surface area contributed by atoms with Crippen LogP contribution in [0.5, 0.6) is 0 Å². The molecule has 2 aromatic heterocycles. The Bertz CT molecular complexity index is 1240. The second kappa shape index (κ2) is 9.62. The molecule has 0 saturated heterocycles. The minimum Gasteiger partial charge on any atom is -0.377 e.